The maximum Gasteiger partial charge on any atom is 0.332 e. The molecule has 0 aromatic rings. The molecule has 0 spiro atoms. The van der Waals surface area contributed by atoms with Crippen LogP contribution in [0.15, 0.2) is 12.2 Å². The predicted octanol–water partition coefficient (Wildman–Crippen LogP) is 3.57. The maximum absolute atomic E-state index is 10.2. The van der Waals surface area contributed by atoms with Gasteiger partial charge in [0.1, 0.15) is 0 Å². The zero-order valence-electron chi connectivity index (χ0n) is 11.0. The van der Waals surface area contributed by atoms with E-state index in [1.54, 1.807) is 13.3 Å². The number of methoxy groups -OCH3 is 1. The number of carbonyl (C=O) groups is 1. The van der Waals surface area contributed by atoms with Crippen molar-refractivity contribution < 1.29 is 9.53 Å². The summed E-state index contributed by atoms with van der Waals surface area (Å²) in [5.41, 5.74) is 1.17. The number of esters is 1. The average Bonchev–Trinajstić information content (AvgIpc) is 2.29. The van der Waals surface area contributed by atoms with Gasteiger partial charge in [0.05, 0.1) is 7.11 Å². The lowest BCUT2D eigenvalue weighted by atomic mass is 9.49. The Balaban J connectivity index is 0.000000168. The fourth-order valence-electron chi connectivity index (χ4n) is 2.89. The zero-order valence-corrected chi connectivity index (χ0v) is 11.0. The summed E-state index contributed by atoms with van der Waals surface area (Å²) < 4.78 is 4.27. The molecule has 16 heavy (non-hydrogen) atoms. The number of fused-ring (bicyclic) bond motifs is 2. The Labute approximate surface area is 99.1 Å². The molecule has 3 rings (SSSR count). The van der Waals surface area contributed by atoms with Crippen LogP contribution in [0.2, 0.25) is 0 Å². The Bertz CT molecular complexity index is 262. The van der Waals surface area contributed by atoms with Gasteiger partial charge in [-0.05, 0) is 43.4 Å². The van der Waals surface area contributed by atoms with E-state index in [0.29, 0.717) is 5.57 Å². The summed E-state index contributed by atoms with van der Waals surface area (Å²) >= 11 is 0. The summed E-state index contributed by atoms with van der Waals surface area (Å²) in [7, 11) is 1.33. The molecule has 0 amide bonds. The first-order chi connectivity index (χ1) is 7.39. The van der Waals surface area contributed by atoms with E-state index in [4.69, 9.17) is 0 Å². The number of rotatable bonds is 1. The number of hydrogen-bond donors (Lipinski definition) is 0. The van der Waals surface area contributed by atoms with Gasteiger partial charge in [-0.15, -0.1) is 0 Å². The first kappa shape index (κ1) is 13.3. The molecule has 2 nitrogen and oxygen atoms in total. The lowest BCUT2D eigenvalue weighted by Crippen LogP contribution is -2.47. The predicted molar refractivity (Wildman–Crippen MR) is 66.1 cm³/mol. The molecule has 0 N–H and O–H groups in total. The van der Waals surface area contributed by atoms with Crippen LogP contribution >= 0.6 is 0 Å². The van der Waals surface area contributed by atoms with Crippen molar-refractivity contribution in [3.8, 4) is 0 Å². The Hall–Kier alpha value is -0.790. The lowest BCUT2D eigenvalue weighted by molar-refractivity contribution is -0.136. The van der Waals surface area contributed by atoms with E-state index in [0.717, 1.165) is 17.3 Å². The van der Waals surface area contributed by atoms with Crippen molar-refractivity contribution in [2.45, 2.75) is 46.5 Å². The van der Waals surface area contributed by atoms with Crippen LogP contribution in [0.3, 0.4) is 0 Å². The molecule has 0 aliphatic heterocycles. The number of hydrogen-bond acceptors (Lipinski definition) is 2. The highest BCUT2D eigenvalue weighted by atomic mass is 16.5. The Morgan fingerprint density at radius 3 is 1.94 bits per heavy atom. The molecule has 0 heterocycles. The van der Waals surface area contributed by atoms with Gasteiger partial charge in [-0.25, -0.2) is 4.79 Å². The van der Waals surface area contributed by atoms with Gasteiger partial charge in [-0.2, -0.15) is 0 Å². The highest BCUT2D eigenvalue weighted by Gasteiger charge is 2.49. The minimum atomic E-state index is -0.347. The summed E-state index contributed by atoms with van der Waals surface area (Å²) in [5.74, 6) is 1.84. The van der Waals surface area contributed by atoms with Crippen LogP contribution in [0.25, 0.3) is 0 Å². The molecule has 0 saturated heterocycles. The fraction of sp³-hybridized carbons (Fsp3) is 0.786. The van der Waals surface area contributed by atoms with Crippen molar-refractivity contribution in [1.29, 1.82) is 0 Å². The van der Waals surface area contributed by atoms with E-state index >= 15 is 0 Å². The van der Waals surface area contributed by atoms with Gasteiger partial charge >= 0.3 is 5.97 Å². The van der Waals surface area contributed by atoms with Crippen LogP contribution in [-0.4, -0.2) is 13.1 Å². The van der Waals surface area contributed by atoms with Crippen LogP contribution in [0.5, 0.6) is 0 Å². The Morgan fingerprint density at radius 2 is 1.81 bits per heavy atom. The summed E-state index contributed by atoms with van der Waals surface area (Å²) in [6.45, 7) is 9.85. The van der Waals surface area contributed by atoms with Crippen molar-refractivity contribution in [3.05, 3.63) is 12.2 Å². The largest absolute Gasteiger partial charge is 0.466 e. The van der Waals surface area contributed by atoms with Gasteiger partial charge in [0, 0.05) is 5.57 Å². The Kier molecular flexibility index (Phi) is 4.17. The third kappa shape index (κ3) is 2.66. The molecule has 0 aromatic heterocycles. The van der Waals surface area contributed by atoms with Crippen LogP contribution in [0.1, 0.15) is 46.5 Å². The normalized spacial score (nSPS) is 29.2. The first-order valence-corrected chi connectivity index (χ1v) is 6.13. The van der Waals surface area contributed by atoms with Gasteiger partial charge in [0.25, 0.3) is 0 Å². The van der Waals surface area contributed by atoms with Gasteiger partial charge in [0.2, 0.25) is 0 Å². The quantitative estimate of drug-likeness (QED) is 0.503. The molecule has 3 fully saturated rings. The molecule has 0 aromatic carbocycles. The summed E-state index contributed by atoms with van der Waals surface area (Å²) in [6, 6.07) is 0. The average molecular weight is 224 g/mol. The van der Waals surface area contributed by atoms with Gasteiger partial charge in [-0.3, -0.25) is 0 Å². The molecule has 0 radical (unpaired) electrons. The standard InChI is InChI=1S/C9H16.C5H8O2/c1-9(2)7-4-3-5-8(9)6-7;1-4(2)5(6)7-3/h7-8H,3-6H2,1-2H3;1H2,2-3H3. The van der Waals surface area contributed by atoms with E-state index in [1.807, 2.05) is 0 Å². The van der Waals surface area contributed by atoms with Crippen molar-refractivity contribution >= 4 is 5.97 Å². The van der Waals surface area contributed by atoms with E-state index in [2.05, 4.69) is 25.2 Å². The molecule has 3 aliphatic rings. The van der Waals surface area contributed by atoms with E-state index in [9.17, 15) is 4.79 Å². The smallest absolute Gasteiger partial charge is 0.332 e. The van der Waals surface area contributed by atoms with Crippen LogP contribution in [-0.2, 0) is 9.53 Å². The minimum Gasteiger partial charge on any atom is -0.466 e. The number of ether oxygens (including phenoxy) is 1. The van der Waals surface area contributed by atoms with Gasteiger partial charge < -0.3 is 4.74 Å². The third-order valence-electron chi connectivity index (χ3n) is 4.31. The third-order valence-corrected chi connectivity index (χ3v) is 4.31. The summed E-state index contributed by atoms with van der Waals surface area (Å²) in [5, 5.41) is 0. The van der Waals surface area contributed by atoms with Crippen molar-refractivity contribution in [1.82, 2.24) is 0 Å². The molecule has 2 atom stereocenters. The topological polar surface area (TPSA) is 26.3 Å². The number of carbonyl (C=O) groups excluding carboxylic acids is 1. The second-order valence-corrected chi connectivity index (χ2v) is 5.65. The van der Waals surface area contributed by atoms with E-state index in [-0.39, 0.29) is 5.97 Å². The highest BCUT2D eigenvalue weighted by molar-refractivity contribution is 5.86. The van der Waals surface area contributed by atoms with Gasteiger partial charge in [-0.1, -0.05) is 26.8 Å². The first-order valence-electron chi connectivity index (χ1n) is 6.13. The van der Waals surface area contributed by atoms with Crippen LogP contribution < -0.4 is 0 Å². The molecular weight excluding hydrogens is 200 g/mol. The SMILES string of the molecule is C=C(C)C(=O)OC.CC1(C)C2CCCC1C2. The second-order valence-electron chi connectivity index (χ2n) is 5.65. The fourth-order valence-corrected chi connectivity index (χ4v) is 2.89. The molecule has 2 bridgehead atoms. The van der Waals surface area contributed by atoms with Crippen LogP contribution in [0.4, 0.5) is 0 Å². The summed E-state index contributed by atoms with van der Waals surface area (Å²) in [4.78, 5) is 10.2. The van der Waals surface area contributed by atoms with Crippen molar-refractivity contribution in [3.63, 3.8) is 0 Å². The van der Waals surface area contributed by atoms with Crippen molar-refractivity contribution in [2.24, 2.45) is 17.3 Å². The molecule has 92 valence electrons. The van der Waals surface area contributed by atoms with E-state index in [1.165, 1.54) is 26.4 Å². The summed E-state index contributed by atoms with van der Waals surface area (Å²) in [6.07, 6.45) is 6.10. The highest BCUT2D eigenvalue weighted by Crippen LogP contribution is 2.58. The molecule has 2 unspecified atom stereocenters. The zero-order chi connectivity index (χ0) is 12.3. The monoisotopic (exact) mass is 224 g/mol. The molecule has 3 aliphatic carbocycles. The molecule has 3 saturated carbocycles. The second kappa shape index (κ2) is 5.03. The molecular formula is C14H24O2. The van der Waals surface area contributed by atoms with Crippen molar-refractivity contribution in [2.75, 3.05) is 7.11 Å². The maximum atomic E-state index is 10.2. The Morgan fingerprint density at radius 1 is 1.31 bits per heavy atom. The lowest BCUT2D eigenvalue weighted by Gasteiger charge is -2.56. The van der Waals surface area contributed by atoms with Crippen LogP contribution in [0, 0.1) is 17.3 Å². The molecule has 2 heteroatoms. The van der Waals surface area contributed by atoms with E-state index < -0.39 is 0 Å². The van der Waals surface area contributed by atoms with Gasteiger partial charge in [0.15, 0.2) is 0 Å². The minimum absolute atomic E-state index is 0.347.